The molecule has 1 amide bonds. The summed E-state index contributed by atoms with van der Waals surface area (Å²) in [5.74, 6) is -0.421. The number of nitrogens with one attached hydrogen (secondary N) is 1. The summed E-state index contributed by atoms with van der Waals surface area (Å²) in [7, 11) is 0. The average molecular weight is 426 g/mol. The van der Waals surface area contributed by atoms with Crippen LogP contribution in [0.5, 0.6) is 0 Å². The average Bonchev–Trinajstić information content (AvgIpc) is 2.85. The topological polar surface area (TPSA) is 77.0 Å². The maximum Gasteiger partial charge on any atom is 0.414 e. The van der Waals surface area contributed by atoms with E-state index in [4.69, 9.17) is 4.74 Å². The molecule has 0 saturated carbocycles. The minimum absolute atomic E-state index is 0.141. The Morgan fingerprint density at radius 2 is 1.90 bits per heavy atom. The van der Waals surface area contributed by atoms with E-state index in [0.717, 1.165) is 31.6 Å². The Kier molecular flexibility index (Phi) is 5.93. The number of halogens is 1. The van der Waals surface area contributed by atoms with Gasteiger partial charge >= 0.3 is 6.09 Å². The molecule has 1 N–H and O–H groups in total. The number of nitrogens with zero attached hydrogens (tertiary/aromatic N) is 2. The third kappa shape index (κ3) is 4.70. The summed E-state index contributed by atoms with van der Waals surface area (Å²) in [4.78, 5) is 14.2. The van der Waals surface area contributed by atoms with Crippen LogP contribution in [-0.4, -0.2) is 51.2 Å². The van der Waals surface area contributed by atoms with Crippen LogP contribution in [0.4, 0.5) is 9.18 Å². The third-order valence-corrected chi connectivity index (χ3v) is 6.78. The maximum absolute atomic E-state index is 14.6. The normalized spacial score (nSPS) is 24.6. The van der Waals surface area contributed by atoms with Gasteiger partial charge in [-0.3, -0.25) is 4.90 Å². The first-order valence-electron chi connectivity index (χ1n) is 10.1. The summed E-state index contributed by atoms with van der Waals surface area (Å²) >= 11 is -1.47. The number of carbonyl (C=O) groups is 1. The van der Waals surface area contributed by atoms with E-state index in [1.54, 1.807) is 20.8 Å². The lowest BCUT2D eigenvalue weighted by Gasteiger charge is -2.35. The number of allylic oxidation sites excluding steroid dienone is 3. The lowest BCUT2D eigenvalue weighted by molar-refractivity contribution is 0.0305. The van der Waals surface area contributed by atoms with Gasteiger partial charge in [0.25, 0.3) is 0 Å². The molecule has 3 aliphatic rings. The number of rotatable bonds is 1. The Labute approximate surface area is 176 Å². The van der Waals surface area contributed by atoms with Crippen LogP contribution in [0, 0.1) is 5.41 Å². The Hall–Kier alpha value is -1.38. The number of ether oxygens (including phenoxy) is 1. The molecule has 2 aliphatic heterocycles. The Morgan fingerprint density at radius 1 is 1.28 bits per heavy atom. The highest BCUT2D eigenvalue weighted by molar-refractivity contribution is 7.91. The third-order valence-electron chi connectivity index (χ3n) is 5.38. The van der Waals surface area contributed by atoms with Crippen LogP contribution in [0.3, 0.4) is 0 Å². The molecule has 2 heterocycles. The van der Waals surface area contributed by atoms with Gasteiger partial charge in [0.1, 0.15) is 33.2 Å². The first-order chi connectivity index (χ1) is 13.3. The fourth-order valence-corrected chi connectivity index (χ4v) is 4.67. The quantitative estimate of drug-likeness (QED) is 0.644. The van der Waals surface area contributed by atoms with E-state index in [-0.39, 0.29) is 12.0 Å². The van der Waals surface area contributed by atoms with Gasteiger partial charge in [-0.1, -0.05) is 4.40 Å². The molecule has 0 unspecified atom stereocenters. The lowest BCUT2D eigenvalue weighted by Crippen LogP contribution is -2.41. The molecule has 1 fully saturated rings. The number of hydrogen-bond acceptors (Lipinski definition) is 5. The van der Waals surface area contributed by atoms with Gasteiger partial charge in [0, 0.05) is 23.1 Å². The van der Waals surface area contributed by atoms with Crippen molar-refractivity contribution in [2.24, 2.45) is 9.81 Å². The van der Waals surface area contributed by atoms with Gasteiger partial charge in [-0.2, -0.15) is 0 Å². The van der Waals surface area contributed by atoms with E-state index in [1.165, 1.54) is 11.0 Å². The molecule has 1 aliphatic carbocycles. The molecule has 0 aromatic heterocycles. The summed E-state index contributed by atoms with van der Waals surface area (Å²) in [5, 5.41) is 3.35. The SMILES string of the molecule is CC(C)(C)OC(=O)N1CC(F)=CC2=C1CC1(CCNCC1)/C2=N/[S@+]([O-])C(C)(C)C. The van der Waals surface area contributed by atoms with E-state index >= 15 is 0 Å². The first kappa shape index (κ1) is 22.3. The van der Waals surface area contributed by atoms with Crippen LogP contribution in [0.25, 0.3) is 0 Å². The minimum Gasteiger partial charge on any atom is -0.591 e. The maximum atomic E-state index is 14.6. The summed E-state index contributed by atoms with van der Waals surface area (Å²) < 4.78 is 37.1. The molecule has 3 rings (SSSR count). The molecular formula is C21H32FN3O3S. The van der Waals surface area contributed by atoms with Crippen molar-refractivity contribution in [3.05, 3.63) is 23.2 Å². The van der Waals surface area contributed by atoms with Crippen LogP contribution in [0.2, 0.25) is 0 Å². The number of amides is 1. The highest BCUT2D eigenvalue weighted by Crippen LogP contribution is 2.49. The summed E-state index contributed by atoms with van der Waals surface area (Å²) in [5.41, 5.74) is 0.987. The number of carbonyl (C=O) groups excluding carboxylic acids is 1. The first-order valence-corrected chi connectivity index (χ1v) is 11.3. The molecular weight excluding hydrogens is 393 g/mol. The highest BCUT2D eigenvalue weighted by atomic mass is 32.2. The van der Waals surface area contributed by atoms with Crippen molar-refractivity contribution in [3.8, 4) is 0 Å². The standard InChI is InChI=1S/C21H32FN3O3S/c1-19(2,3)28-18(26)25-13-14(22)11-15-16(25)12-21(7-9-23-10-8-21)17(15)24-29(27)20(4,5)6/h11,23H,7-10,12-13H2,1-6H3/b24-17+/t29-/m1/s1. The Bertz CT molecular complexity index is 771. The van der Waals surface area contributed by atoms with Crippen LogP contribution >= 0.6 is 0 Å². The van der Waals surface area contributed by atoms with E-state index in [1.807, 2.05) is 20.8 Å². The van der Waals surface area contributed by atoms with Gasteiger partial charge in [0.15, 0.2) is 0 Å². The monoisotopic (exact) mass is 425 g/mol. The second kappa shape index (κ2) is 7.71. The van der Waals surface area contributed by atoms with Crippen LogP contribution in [0.15, 0.2) is 27.6 Å². The van der Waals surface area contributed by atoms with Gasteiger partial charge in [0.05, 0.1) is 6.54 Å². The number of piperidine rings is 1. The fourth-order valence-electron chi connectivity index (χ4n) is 3.94. The molecule has 0 aromatic rings. The fraction of sp³-hybridized carbons (Fsp3) is 0.714. The zero-order valence-corrected chi connectivity index (χ0v) is 19.0. The van der Waals surface area contributed by atoms with Gasteiger partial charge < -0.3 is 14.6 Å². The minimum atomic E-state index is -1.47. The van der Waals surface area contributed by atoms with Crippen LogP contribution in [-0.2, 0) is 16.1 Å². The molecule has 0 radical (unpaired) electrons. The predicted molar refractivity (Wildman–Crippen MR) is 114 cm³/mol. The molecule has 162 valence electrons. The summed E-state index contributed by atoms with van der Waals surface area (Å²) in [6, 6.07) is 0. The van der Waals surface area contributed by atoms with Gasteiger partial charge in [-0.05, 0) is 73.5 Å². The van der Waals surface area contributed by atoms with Crippen molar-refractivity contribution < 1.29 is 18.5 Å². The Morgan fingerprint density at radius 3 is 2.45 bits per heavy atom. The van der Waals surface area contributed by atoms with E-state index in [2.05, 4.69) is 9.71 Å². The molecule has 8 heteroatoms. The predicted octanol–water partition coefficient (Wildman–Crippen LogP) is 4.02. The largest absolute Gasteiger partial charge is 0.591 e. The van der Waals surface area contributed by atoms with Crippen LogP contribution in [0.1, 0.15) is 60.8 Å². The molecule has 0 aromatic carbocycles. The number of hydrogen-bond donors (Lipinski definition) is 1. The molecule has 29 heavy (non-hydrogen) atoms. The smallest absolute Gasteiger partial charge is 0.414 e. The Balaban J connectivity index is 2.06. The van der Waals surface area contributed by atoms with E-state index in [9.17, 15) is 13.7 Å². The summed E-state index contributed by atoms with van der Waals surface area (Å²) in [6.07, 6.45) is 3.09. The summed E-state index contributed by atoms with van der Waals surface area (Å²) in [6.45, 7) is 12.5. The van der Waals surface area contributed by atoms with Crippen molar-refractivity contribution in [1.82, 2.24) is 10.2 Å². The molecule has 0 bridgehead atoms. The van der Waals surface area contributed by atoms with Crippen molar-refractivity contribution in [2.45, 2.75) is 71.2 Å². The van der Waals surface area contributed by atoms with Gasteiger partial charge in [-0.15, -0.1) is 0 Å². The van der Waals surface area contributed by atoms with Crippen molar-refractivity contribution >= 4 is 23.2 Å². The van der Waals surface area contributed by atoms with Gasteiger partial charge in [-0.25, -0.2) is 9.18 Å². The molecule has 6 nitrogen and oxygen atoms in total. The van der Waals surface area contributed by atoms with Gasteiger partial charge in [0.2, 0.25) is 0 Å². The second-order valence-electron chi connectivity index (χ2n) is 10.0. The molecule has 1 atom stereocenters. The van der Waals surface area contributed by atoms with Crippen molar-refractivity contribution in [1.29, 1.82) is 0 Å². The molecule has 1 spiro atoms. The van der Waals surface area contributed by atoms with Crippen LogP contribution < -0.4 is 5.32 Å². The zero-order valence-electron chi connectivity index (χ0n) is 18.2. The van der Waals surface area contributed by atoms with E-state index in [0.29, 0.717) is 17.7 Å². The lowest BCUT2D eigenvalue weighted by atomic mass is 9.74. The van der Waals surface area contributed by atoms with Crippen molar-refractivity contribution in [2.75, 3.05) is 19.6 Å². The highest BCUT2D eigenvalue weighted by Gasteiger charge is 2.50. The molecule has 1 saturated heterocycles. The van der Waals surface area contributed by atoms with E-state index < -0.39 is 33.6 Å². The second-order valence-corrected chi connectivity index (χ2v) is 11.9. The zero-order chi connectivity index (χ0) is 21.6. The van der Waals surface area contributed by atoms with Crippen molar-refractivity contribution in [3.63, 3.8) is 0 Å².